The molecule has 2 aromatic rings. The van der Waals surface area contributed by atoms with Crippen molar-refractivity contribution in [3.63, 3.8) is 0 Å². The van der Waals surface area contributed by atoms with Crippen LogP contribution in [0.3, 0.4) is 0 Å². The van der Waals surface area contributed by atoms with Gasteiger partial charge in [-0.3, -0.25) is 4.79 Å². The highest BCUT2D eigenvalue weighted by Crippen LogP contribution is 2.24. The van der Waals surface area contributed by atoms with Crippen molar-refractivity contribution in [3.05, 3.63) is 77.6 Å². The van der Waals surface area contributed by atoms with E-state index in [4.69, 9.17) is 4.74 Å². The Morgan fingerprint density at radius 1 is 1.17 bits per heavy atom. The molecule has 120 valence electrons. The molecule has 0 N–H and O–H groups in total. The van der Waals surface area contributed by atoms with Gasteiger partial charge in [0.15, 0.2) is 5.78 Å². The van der Waals surface area contributed by atoms with Crippen LogP contribution in [0, 0.1) is 5.82 Å². The Balaban J connectivity index is 2.20. The van der Waals surface area contributed by atoms with E-state index >= 15 is 0 Å². The molecule has 0 atom stereocenters. The number of nitrogens with zero attached hydrogens (tertiary/aromatic N) is 1. The molecule has 0 amide bonds. The molecular weight excluding hydrogens is 293 g/mol. The SMILES string of the molecule is C=C(CN(C)C)C(=O)c1ccc(F)cc1OCc1ccccc1. The Kier molecular flexibility index (Phi) is 5.66. The monoisotopic (exact) mass is 313 g/mol. The first-order chi connectivity index (χ1) is 11.0. The number of rotatable bonds is 7. The first-order valence-electron chi connectivity index (χ1n) is 7.31. The van der Waals surface area contributed by atoms with Gasteiger partial charge in [-0.1, -0.05) is 36.9 Å². The van der Waals surface area contributed by atoms with E-state index in [1.165, 1.54) is 18.2 Å². The van der Waals surface area contributed by atoms with Crippen molar-refractivity contribution in [2.24, 2.45) is 0 Å². The van der Waals surface area contributed by atoms with Gasteiger partial charge >= 0.3 is 0 Å². The molecule has 23 heavy (non-hydrogen) atoms. The molecule has 0 saturated carbocycles. The largest absolute Gasteiger partial charge is 0.488 e. The molecule has 4 heteroatoms. The Morgan fingerprint density at radius 3 is 2.52 bits per heavy atom. The number of benzene rings is 2. The summed E-state index contributed by atoms with van der Waals surface area (Å²) in [6.45, 7) is 4.52. The molecule has 0 aliphatic carbocycles. The molecule has 0 bridgehead atoms. The maximum absolute atomic E-state index is 13.5. The lowest BCUT2D eigenvalue weighted by Crippen LogP contribution is -2.19. The average molecular weight is 313 g/mol. The first kappa shape index (κ1) is 16.9. The summed E-state index contributed by atoms with van der Waals surface area (Å²) in [5.74, 6) is -0.441. The highest BCUT2D eigenvalue weighted by molar-refractivity contribution is 6.10. The van der Waals surface area contributed by atoms with E-state index in [0.29, 0.717) is 17.7 Å². The van der Waals surface area contributed by atoms with Gasteiger partial charge in [0, 0.05) is 18.2 Å². The zero-order valence-electron chi connectivity index (χ0n) is 13.4. The van der Waals surface area contributed by atoms with Crippen molar-refractivity contribution < 1.29 is 13.9 Å². The number of carbonyl (C=O) groups excluding carboxylic acids is 1. The van der Waals surface area contributed by atoms with E-state index in [9.17, 15) is 9.18 Å². The summed E-state index contributed by atoms with van der Waals surface area (Å²) in [4.78, 5) is 14.4. The van der Waals surface area contributed by atoms with Gasteiger partial charge in [-0.15, -0.1) is 0 Å². The zero-order valence-corrected chi connectivity index (χ0v) is 13.4. The molecule has 0 heterocycles. The Bertz CT molecular complexity index is 696. The molecule has 0 radical (unpaired) electrons. The molecule has 2 aromatic carbocycles. The molecular formula is C19H20FNO2. The second-order valence-electron chi connectivity index (χ2n) is 5.59. The number of Topliss-reactive ketones (excluding diaryl/α,β-unsaturated/α-hetero) is 1. The van der Waals surface area contributed by atoms with Gasteiger partial charge in [-0.2, -0.15) is 0 Å². The number of ether oxygens (including phenoxy) is 1. The Hall–Kier alpha value is -2.46. The van der Waals surface area contributed by atoms with Crippen LogP contribution in [-0.2, 0) is 6.61 Å². The van der Waals surface area contributed by atoms with Crippen LogP contribution in [0.1, 0.15) is 15.9 Å². The summed E-state index contributed by atoms with van der Waals surface area (Å²) in [5, 5.41) is 0. The molecule has 0 unspecified atom stereocenters. The van der Waals surface area contributed by atoms with Crippen LogP contribution in [0.15, 0.2) is 60.7 Å². The van der Waals surface area contributed by atoms with Crippen LogP contribution in [0.2, 0.25) is 0 Å². The maximum Gasteiger partial charge on any atom is 0.193 e. The van der Waals surface area contributed by atoms with Crippen LogP contribution in [-0.4, -0.2) is 31.3 Å². The zero-order chi connectivity index (χ0) is 16.8. The third-order valence-electron chi connectivity index (χ3n) is 3.25. The predicted octanol–water partition coefficient (Wildman–Crippen LogP) is 3.71. The van der Waals surface area contributed by atoms with Gasteiger partial charge in [0.25, 0.3) is 0 Å². The predicted molar refractivity (Wildman–Crippen MR) is 89.2 cm³/mol. The van der Waals surface area contributed by atoms with Crippen molar-refractivity contribution >= 4 is 5.78 Å². The number of hydrogen-bond donors (Lipinski definition) is 0. The van der Waals surface area contributed by atoms with Gasteiger partial charge < -0.3 is 9.64 Å². The average Bonchev–Trinajstić information content (AvgIpc) is 2.52. The summed E-state index contributed by atoms with van der Waals surface area (Å²) in [5.41, 5.74) is 1.71. The van der Waals surface area contributed by atoms with Crippen molar-refractivity contribution in [3.8, 4) is 5.75 Å². The number of halogens is 1. The Morgan fingerprint density at radius 2 is 1.87 bits per heavy atom. The van der Waals surface area contributed by atoms with Crippen LogP contribution in [0.4, 0.5) is 4.39 Å². The summed E-state index contributed by atoms with van der Waals surface area (Å²) < 4.78 is 19.2. The fraction of sp³-hybridized carbons (Fsp3) is 0.211. The maximum atomic E-state index is 13.5. The second-order valence-corrected chi connectivity index (χ2v) is 5.59. The summed E-state index contributed by atoms with van der Waals surface area (Å²) in [6, 6.07) is 13.5. The van der Waals surface area contributed by atoms with E-state index in [-0.39, 0.29) is 18.1 Å². The minimum Gasteiger partial charge on any atom is -0.488 e. The lowest BCUT2D eigenvalue weighted by molar-refractivity contribution is 0.102. The number of carbonyl (C=O) groups is 1. The molecule has 0 aliphatic rings. The van der Waals surface area contributed by atoms with Crippen molar-refractivity contribution in [2.75, 3.05) is 20.6 Å². The van der Waals surface area contributed by atoms with E-state index in [1.807, 2.05) is 49.3 Å². The third kappa shape index (κ3) is 4.76. The third-order valence-corrected chi connectivity index (χ3v) is 3.25. The minimum atomic E-state index is -0.442. The van der Waals surface area contributed by atoms with Gasteiger partial charge in [-0.25, -0.2) is 4.39 Å². The van der Waals surface area contributed by atoms with Crippen molar-refractivity contribution in [1.29, 1.82) is 0 Å². The Labute approximate surface area is 136 Å². The van der Waals surface area contributed by atoms with E-state index < -0.39 is 5.82 Å². The van der Waals surface area contributed by atoms with Gasteiger partial charge in [0.05, 0.1) is 5.56 Å². The van der Waals surface area contributed by atoms with Crippen molar-refractivity contribution in [1.82, 2.24) is 4.90 Å². The van der Waals surface area contributed by atoms with Gasteiger partial charge in [0.1, 0.15) is 18.2 Å². The fourth-order valence-corrected chi connectivity index (χ4v) is 2.18. The standard InChI is InChI=1S/C19H20FNO2/c1-14(12-21(2)3)19(22)17-10-9-16(20)11-18(17)23-13-15-7-5-4-6-8-15/h4-11H,1,12-13H2,2-3H3. The van der Waals surface area contributed by atoms with Gasteiger partial charge in [-0.05, 0) is 31.8 Å². The van der Waals surface area contributed by atoms with Crippen LogP contribution in [0.25, 0.3) is 0 Å². The van der Waals surface area contributed by atoms with Gasteiger partial charge in [0.2, 0.25) is 0 Å². The van der Waals surface area contributed by atoms with Crippen LogP contribution >= 0.6 is 0 Å². The topological polar surface area (TPSA) is 29.5 Å². The molecule has 0 fully saturated rings. The highest BCUT2D eigenvalue weighted by atomic mass is 19.1. The normalized spacial score (nSPS) is 10.6. The number of ketones is 1. The molecule has 2 rings (SSSR count). The van der Waals surface area contributed by atoms with E-state index in [0.717, 1.165) is 5.56 Å². The quantitative estimate of drug-likeness (QED) is 0.576. The minimum absolute atomic E-state index is 0.234. The molecule has 0 aromatic heterocycles. The van der Waals surface area contributed by atoms with Crippen molar-refractivity contribution in [2.45, 2.75) is 6.61 Å². The number of likely N-dealkylation sites (N-methyl/N-ethyl adjacent to an activating group) is 1. The fourth-order valence-electron chi connectivity index (χ4n) is 2.18. The van der Waals surface area contributed by atoms with E-state index in [2.05, 4.69) is 6.58 Å². The number of hydrogen-bond acceptors (Lipinski definition) is 3. The molecule has 0 aliphatic heterocycles. The lowest BCUT2D eigenvalue weighted by Gasteiger charge is -2.14. The molecule has 0 saturated heterocycles. The highest BCUT2D eigenvalue weighted by Gasteiger charge is 2.17. The summed E-state index contributed by atoms with van der Waals surface area (Å²) in [7, 11) is 3.71. The van der Waals surface area contributed by atoms with Crippen LogP contribution in [0.5, 0.6) is 5.75 Å². The summed E-state index contributed by atoms with van der Waals surface area (Å²) in [6.07, 6.45) is 0. The smallest absolute Gasteiger partial charge is 0.193 e. The molecule has 3 nitrogen and oxygen atoms in total. The van der Waals surface area contributed by atoms with E-state index in [1.54, 1.807) is 0 Å². The lowest BCUT2D eigenvalue weighted by atomic mass is 10.0. The van der Waals surface area contributed by atoms with Crippen LogP contribution < -0.4 is 4.74 Å². The second kappa shape index (κ2) is 7.70. The first-order valence-corrected chi connectivity index (χ1v) is 7.31. The summed E-state index contributed by atoms with van der Waals surface area (Å²) >= 11 is 0. The molecule has 0 spiro atoms.